The zero-order valence-electron chi connectivity index (χ0n) is 13.7. The Kier molecular flexibility index (Phi) is 5.32. The van der Waals surface area contributed by atoms with Gasteiger partial charge in [-0.1, -0.05) is 17.7 Å². The highest BCUT2D eigenvalue weighted by Gasteiger charge is 2.18. The molecule has 0 saturated heterocycles. The summed E-state index contributed by atoms with van der Waals surface area (Å²) in [4.78, 5) is 35.4. The molecule has 0 spiro atoms. The van der Waals surface area contributed by atoms with Crippen LogP contribution in [0.5, 0.6) is 0 Å². The highest BCUT2D eigenvalue weighted by molar-refractivity contribution is 6.31. The first-order valence-electron chi connectivity index (χ1n) is 7.98. The molecule has 134 valence electrons. The number of aryl methyl sites for hydroxylation is 1. The monoisotopic (exact) mass is 375 g/mol. The number of fused-ring (bicyclic) bond motifs is 1. The average Bonchev–Trinajstić information content (AvgIpc) is 2.62. The molecule has 2 aromatic carbocycles. The number of anilines is 1. The number of esters is 1. The molecule has 1 aliphatic heterocycles. The van der Waals surface area contributed by atoms with Crippen molar-refractivity contribution < 1.29 is 23.5 Å². The maximum Gasteiger partial charge on any atom is 0.310 e. The fourth-order valence-corrected chi connectivity index (χ4v) is 2.91. The van der Waals surface area contributed by atoms with Crippen molar-refractivity contribution in [2.75, 3.05) is 11.9 Å². The van der Waals surface area contributed by atoms with Gasteiger partial charge in [0, 0.05) is 28.3 Å². The van der Waals surface area contributed by atoms with Crippen LogP contribution in [-0.2, 0) is 27.2 Å². The van der Waals surface area contributed by atoms with E-state index in [-0.39, 0.29) is 28.7 Å². The molecule has 1 aliphatic rings. The Balaban J connectivity index is 1.60. The summed E-state index contributed by atoms with van der Waals surface area (Å²) in [6.07, 6.45) is 0.561. The Bertz CT molecular complexity index is 877. The van der Waals surface area contributed by atoms with Crippen LogP contribution >= 0.6 is 11.6 Å². The number of carbonyl (C=O) groups is 3. The Labute approximate surface area is 154 Å². The SMILES string of the molecule is O=C1CCc2cc(C(=O)COC(=O)Cc3c(F)cccc3Cl)ccc2N1. The second-order valence-corrected chi connectivity index (χ2v) is 6.29. The smallest absolute Gasteiger partial charge is 0.310 e. The normalized spacial score (nSPS) is 12.9. The number of nitrogens with one attached hydrogen (secondary N) is 1. The van der Waals surface area contributed by atoms with Gasteiger partial charge in [-0.05, 0) is 42.3 Å². The molecule has 7 heteroatoms. The zero-order chi connectivity index (χ0) is 18.7. The lowest BCUT2D eigenvalue weighted by Gasteiger charge is -2.17. The first-order valence-corrected chi connectivity index (χ1v) is 8.36. The maximum absolute atomic E-state index is 13.7. The molecular weight excluding hydrogens is 361 g/mol. The number of ether oxygens (including phenoxy) is 1. The van der Waals surface area contributed by atoms with Gasteiger partial charge in [0.1, 0.15) is 5.82 Å². The van der Waals surface area contributed by atoms with Crippen LogP contribution in [-0.4, -0.2) is 24.3 Å². The number of hydrogen-bond acceptors (Lipinski definition) is 4. The van der Waals surface area contributed by atoms with E-state index in [0.717, 1.165) is 5.56 Å². The van der Waals surface area contributed by atoms with Crippen molar-refractivity contribution in [2.24, 2.45) is 0 Å². The Morgan fingerprint density at radius 1 is 1.19 bits per heavy atom. The first-order chi connectivity index (χ1) is 12.4. The quantitative estimate of drug-likeness (QED) is 0.642. The van der Waals surface area contributed by atoms with E-state index in [1.165, 1.54) is 18.2 Å². The topological polar surface area (TPSA) is 72.5 Å². The molecule has 2 aromatic rings. The number of Topliss-reactive ketones (excluding diaryl/α,β-unsaturated/α-hetero) is 1. The highest BCUT2D eigenvalue weighted by Crippen LogP contribution is 2.24. The second kappa shape index (κ2) is 7.66. The van der Waals surface area contributed by atoms with E-state index >= 15 is 0 Å². The van der Waals surface area contributed by atoms with Crippen LogP contribution in [0, 0.1) is 5.82 Å². The number of carbonyl (C=O) groups excluding carboxylic acids is 3. The van der Waals surface area contributed by atoms with Crippen LogP contribution < -0.4 is 5.32 Å². The summed E-state index contributed by atoms with van der Waals surface area (Å²) in [6.45, 7) is -0.448. The van der Waals surface area contributed by atoms with Crippen molar-refractivity contribution in [1.82, 2.24) is 0 Å². The van der Waals surface area contributed by atoms with E-state index in [2.05, 4.69) is 5.32 Å². The lowest BCUT2D eigenvalue weighted by atomic mass is 9.99. The molecule has 1 amide bonds. The fraction of sp³-hybridized carbons (Fsp3) is 0.211. The average molecular weight is 376 g/mol. The summed E-state index contributed by atoms with van der Waals surface area (Å²) in [6, 6.07) is 9.01. The summed E-state index contributed by atoms with van der Waals surface area (Å²) < 4.78 is 18.6. The molecule has 0 bridgehead atoms. The lowest BCUT2D eigenvalue weighted by molar-refractivity contribution is -0.141. The minimum atomic E-state index is -0.740. The molecule has 5 nitrogen and oxygen atoms in total. The van der Waals surface area contributed by atoms with E-state index in [9.17, 15) is 18.8 Å². The predicted octanol–water partition coefficient (Wildman–Crippen LogP) is 3.33. The third-order valence-corrected chi connectivity index (χ3v) is 4.42. The molecule has 0 radical (unpaired) electrons. The largest absolute Gasteiger partial charge is 0.457 e. The number of amides is 1. The van der Waals surface area contributed by atoms with Crippen molar-refractivity contribution in [1.29, 1.82) is 0 Å². The minimum absolute atomic E-state index is 0.0381. The summed E-state index contributed by atoms with van der Waals surface area (Å²) >= 11 is 5.87. The van der Waals surface area contributed by atoms with Gasteiger partial charge in [-0.3, -0.25) is 14.4 Å². The molecule has 0 aromatic heterocycles. The molecule has 0 atom stereocenters. The molecular formula is C19H15ClFNO4. The summed E-state index contributed by atoms with van der Waals surface area (Å²) in [7, 11) is 0. The molecule has 0 saturated carbocycles. The number of halogens is 2. The van der Waals surface area contributed by atoms with Crippen LogP contribution in [0.3, 0.4) is 0 Å². The maximum atomic E-state index is 13.7. The predicted molar refractivity (Wildman–Crippen MR) is 93.8 cm³/mol. The molecule has 26 heavy (non-hydrogen) atoms. The van der Waals surface area contributed by atoms with E-state index in [1.54, 1.807) is 18.2 Å². The molecule has 0 aliphatic carbocycles. The first kappa shape index (κ1) is 18.1. The van der Waals surface area contributed by atoms with Gasteiger partial charge in [0.25, 0.3) is 0 Å². The molecule has 1 heterocycles. The van der Waals surface area contributed by atoms with E-state index in [1.807, 2.05) is 0 Å². The van der Waals surface area contributed by atoms with Crippen LogP contribution in [0.15, 0.2) is 36.4 Å². The number of ketones is 1. The molecule has 3 rings (SSSR count). The van der Waals surface area contributed by atoms with Gasteiger partial charge < -0.3 is 10.1 Å². The van der Waals surface area contributed by atoms with Crippen molar-refractivity contribution >= 4 is 34.9 Å². The van der Waals surface area contributed by atoms with Gasteiger partial charge in [-0.15, -0.1) is 0 Å². The van der Waals surface area contributed by atoms with E-state index < -0.39 is 18.4 Å². The lowest BCUT2D eigenvalue weighted by Crippen LogP contribution is -2.20. The third kappa shape index (κ3) is 4.08. The van der Waals surface area contributed by atoms with Gasteiger partial charge >= 0.3 is 5.97 Å². The van der Waals surface area contributed by atoms with Crippen LogP contribution in [0.2, 0.25) is 5.02 Å². The zero-order valence-corrected chi connectivity index (χ0v) is 14.4. The third-order valence-electron chi connectivity index (χ3n) is 4.07. The van der Waals surface area contributed by atoms with Crippen molar-refractivity contribution in [3.8, 4) is 0 Å². The number of rotatable bonds is 5. The Morgan fingerprint density at radius 3 is 2.77 bits per heavy atom. The highest BCUT2D eigenvalue weighted by atomic mass is 35.5. The molecule has 1 N–H and O–H groups in total. The van der Waals surface area contributed by atoms with Gasteiger partial charge in [-0.2, -0.15) is 0 Å². The van der Waals surface area contributed by atoms with Crippen molar-refractivity contribution in [2.45, 2.75) is 19.3 Å². The van der Waals surface area contributed by atoms with Gasteiger partial charge in [-0.25, -0.2) is 4.39 Å². The van der Waals surface area contributed by atoms with Crippen molar-refractivity contribution in [3.05, 3.63) is 63.9 Å². The number of hydrogen-bond donors (Lipinski definition) is 1. The molecule has 0 fully saturated rings. The summed E-state index contributed by atoms with van der Waals surface area (Å²) in [5.41, 5.74) is 1.97. The Morgan fingerprint density at radius 2 is 2.00 bits per heavy atom. The summed E-state index contributed by atoms with van der Waals surface area (Å²) in [5, 5.41) is 2.86. The second-order valence-electron chi connectivity index (χ2n) is 5.88. The summed E-state index contributed by atoms with van der Waals surface area (Å²) in [5.74, 6) is -1.77. The van der Waals surface area contributed by atoms with E-state index in [4.69, 9.17) is 16.3 Å². The number of benzene rings is 2. The van der Waals surface area contributed by atoms with Crippen LogP contribution in [0.4, 0.5) is 10.1 Å². The van der Waals surface area contributed by atoms with Crippen LogP contribution in [0.1, 0.15) is 27.9 Å². The minimum Gasteiger partial charge on any atom is -0.457 e. The Hall–Kier alpha value is -2.73. The van der Waals surface area contributed by atoms with Gasteiger partial charge in [0.2, 0.25) is 5.91 Å². The van der Waals surface area contributed by atoms with Crippen molar-refractivity contribution in [3.63, 3.8) is 0 Å². The van der Waals surface area contributed by atoms with Gasteiger partial charge in [0.15, 0.2) is 12.4 Å². The van der Waals surface area contributed by atoms with Gasteiger partial charge in [0.05, 0.1) is 6.42 Å². The standard InChI is InChI=1S/C19H15ClFNO4/c20-14-2-1-3-15(21)13(14)9-19(25)26-10-17(23)12-4-6-16-11(8-12)5-7-18(24)22-16/h1-4,6,8H,5,7,9-10H2,(H,22,24). The molecule has 0 unspecified atom stereocenters. The van der Waals surface area contributed by atoms with Crippen LogP contribution in [0.25, 0.3) is 0 Å². The fourth-order valence-electron chi connectivity index (χ4n) is 2.68. The van der Waals surface area contributed by atoms with E-state index in [0.29, 0.717) is 24.1 Å².